The highest BCUT2D eigenvalue weighted by Crippen LogP contribution is 2.18. The van der Waals surface area contributed by atoms with Crippen molar-refractivity contribution >= 4 is 6.29 Å². The molecule has 27 heavy (non-hydrogen) atoms. The minimum absolute atomic E-state index is 0.152. The van der Waals surface area contributed by atoms with Gasteiger partial charge in [-0.25, -0.2) is 0 Å². The number of aliphatic hydroxyl groups is 1. The van der Waals surface area contributed by atoms with E-state index in [0.29, 0.717) is 6.29 Å². The van der Waals surface area contributed by atoms with Crippen LogP contribution in [0.3, 0.4) is 0 Å². The molecular weight excluding hydrogens is 350 g/mol. The molecule has 0 amide bonds. The van der Waals surface area contributed by atoms with Gasteiger partial charge in [0.05, 0.1) is 25.7 Å². The Balaban J connectivity index is 2.11. The third-order valence-corrected chi connectivity index (χ3v) is 4.11. The number of rotatable bonds is 12. The third-order valence-electron chi connectivity index (χ3n) is 4.11. The molecule has 0 unspecified atom stereocenters. The number of aldehydes is 1. The first-order valence-corrected chi connectivity index (χ1v) is 8.63. The van der Waals surface area contributed by atoms with Crippen molar-refractivity contribution in [1.82, 2.24) is 0 Å². The molecule has 0 aliphatic carbocycles. The number of benzene rings is 2. The molecule has 3 atom stereocenters. The standard InChI is InChI=1S/C20H23NO6/c22-12-18(11-21(24)25)20(27-15-17-9-5-2-6-10-17)19(13-23)26-14-16-7-3-1-4-8-16/h1-10,13,18-20,22H,11-12,14-15H2/t18-,19-,20-/m1/s1. The normalized spacial score (nSPS) is 14.3. The fourth-order valence-corrected chi connectivity index (χ4v) is 2.70. The molecule has 0 aromatic heterocycles. The summed E-state index contributed by atoms with van der Waals surface area (Å²) >= 11 is 0. The quantitative estimate of drug-likeness (QED) is 0.348. The van der Waals surface area contributed by atoms with Gasteiger partial charge in [0.1, 0.15) is 12.2 Å². The lowest BCUT2D eigenvalue weighted by Gasteiger charge is -2.28. The molecule has 144 valence electrons. The molecule has 0 saturated carbocycles. The van der Waals surface area contributed by atoms with Gasteiger partial charge >= 0.3 is 0 Å². The molecule has 0 saturated heterocycles. The predicted molar refractivity (Wildman–Crippen MR) is 98.5 cm³/mol. The fraction of sp³-hybridized carbons (Fsp3) is 0.350. The highest BCUT2D eigenvalue weighted by Gasteiger charge is 2.34. The van der Waals surface area contributed by atoms with Gasteiger partial charge in [-0.05, 0) is 11.1 Å². The van der Waals surface area contributed by atoms with Gasteiger partial charge in [0, 0.05) is 4.92 Å². The summed E-state index contributed by atoms with van der Waals surface area (Å²) in [6, 6.07) is 18.5. The van der Waals surface area contributed by atoms with E-state index < -0.39 is 36.2 Å². The molecule has 0 spiro atoms. The lowest BCUT2D eigenvalue weighted by atomic mass is 9.98. The number of aliphatic hydroxyl groups excluding tert-OH is 1. The van der Waals surface area contributed by atoms with Crippen molar-refractivity contribution in [2.24, 2.45) is 5.92 Å². The third kappa shape index (κ3) is 6.90. The van der Waals surface area contributed by atoms with Crippen LogP contribution in [0.25, 0.3) is 0 Å². The average Bonchev–Trinajstić information content (AvgIpc) is 2.70. The zero-order chi connectivity index (χ0) is 19.5. The van der Waals surface area contributed by atoms with E-state index in [-0.39, 0.29) is 13.2 Å². The second-order valence-electron chi connectivity index (χ2n) is 6.12. The second-order valence-corrected chi connectivity index (χ2v) is 6.12. The van der Waals surface area contributed by atoms with Crippen molar-refractivity contribution in [3.8, 4) is 0 Å². The summed E-state index contributed by atoms with van der Waals surface area (Å²) in [6.45, 7) is -0.695. The molecule has 0 radical (unpaired) electrons. The van der Waals surface area contributed by atoms with Gasteiger partial charge < -0.3 is 19.4 Å². The monoisotopic (exact) mass is 373 g/mol. The molecule has 7 nitrogen and oxygen atoms in total. The van der Waals surface area contributed by atoms with Crippen LogP contribution >= 0.6 is 0 Å². The van der Waals surface area contributed by atoms with Gasteiger partial charge in [-0.3, -0.25) is 10.1 Å². The van der Waals surface area contributed by atoms with E-state index >= 15 is 0 Å². The molecule has 2 aromatic rings. The minimum Gasteiger partial charge on any atom is -0.396 e. The van der Waals surface area contributed by atoms with Crippen LogP contribution in [-0.2, 0) is 27.5 Å². The van der Waals surface area contributed by atoms with Gasteiger partial charge in [0.25, 0.3) is 0 Å². The number of nitrogens with zero attached hydrogens (tertiary/aromatic N) is 1. The molecule has 0 aliphatic rings. The van der Waals surface area contributed by atoms with Gasteiger partial charge in [-0.2, -0.15) is 0 Å². The van der Waals surface area contributed by atoms with Crippen molar-refractivity contribution in [1.29, 1.82) is 0 Å². The average molecular weight is 373 g/mol. The molecule has 2 aromatic carbocycles. The van der Waals surface area contributed by atoms with E-state index in [2.05, 4.69) is 0 Å². The first kappa shape index (κ1) is 20.7. The lowest BCUT2D eigenvalue weighted by Crippen LogP contribution is -2.43. The summed E-state index contributed by atoms with van der Waals surface area (Å²) < 4.78 is 11.5. The number of ether oxygens (including phenoxy) is 2. The Morgan fingerprint density at radius 1 is 0.963 bits per heavy atom. The molecule has 0 heterocycles. The minimum atomic E-state index is -1.04. The van der Waals surface area contributed by atoms with Crippen LogP contribution in [-0.4, -0.2) is 41.7 Å². The predicted octanol–water partition coefficient (Wildman–Crippen LogP) is 2.24. The van der Waals surface area contributed by atoms with Crippen LogP contribution in [0.5, 0.6) is 0 Å². The van der Waals surface area contributed by atoms with Gasteiger partial charge in [0.15, 0.2) is 6.29 Å². The van der Waals surface area contributed by atoms with Crippen molar-refractivity contribution in [2.45, 2.75) is 25.4 Å². The Hall–Kier alpha value is -2.61. The second kappa shape index (κ2) is 11.2. The van der Waals surface area contributed by atoms with Gasteiger partial charge in [-0.15, -0.1) is 0 Å². The van der Waals surface area contributed by atoms with Crippen molar-refractivity contribution < 1.29 is 24.3 Å². The maximum atomic E-state index is 11.6. The Labute approximate surface area is 157 Å². The highest BCUT2D eigenvalue weighted by molar-refractivity contribution is 5.57. The maximum Gasteiger partial charge on any atom is 0.211 e. The SMILES string of the molecule is O=C[C@@H](OCc1ccccc1)[C@H](OCc1ccccc1)[C@@H](CO)C[N+](=O)[O-]. The summed E-state index contributed by atoms with van der Waals surface area (Å²) in [5.41, 5.74) is 1.72. The highest BCUT2D eigenvalue weighted by atomic mass is 16.6. The number of nitro groups is 1. The Bertz CT molecular complexity index is 694. The van der Waals surface area contributed by atoms with Crippen molar-refractivity contribution in [3.63, 3.8) is 0 Å². The van der Waals surface area contributed by atoms with E-state index in [1.807, 2.05) is 60.7 Å². The van der Waals surface area contributed by atoms with Crippen molar-refractivity contribution in [2.75, 3.05) is 13.2 Å². The zero-order valence-corrected chi connectivity index (χ0v) is 14.8. The fourth-order valence-electron chi connectivity index (χ4n) is 2.70. The zero-order valence-electron chi connectivity index (χ0n) is 14.8. The molecule has 0 fully saturated rings. The van der Waals surface area contributed by atoms with E-state index in [1.165, 1.54) is 0 Å². The first-order valence-electron chi connectivity index (χ1n) is 8.63. The number of carbonyl (C=O) groups is 1. The Morgan fingerprint density at radius 3 is 1.93 bits per heavy atom. The number of carbonyl (C=O) groups excluding carboxylic acids is 1. The molecule has 1 N–H and O–H groups in total. The van der Waals surface area contributed by atoms with E-state index in [0.717, 1.165) is 11.1 Å². The maximum absolute atomic E-state index is 11.6. The van der Waals surface area contributed by atoms with E-state index in [9.17, 15) is 20.0 Å². The van der Waals surface area contributed by atoms with Gasteiger partial charge in [-0.1, -0.05) is 60.7 Å². The van der Waals surface area contributed by atoms with Gasteiger partial charge in [0.2, 0.25) is 6.54 Å². The molecule has 0 aliphatic heterocycles. The van der Waals surface area contributed by atoms with Crippen LogP contribution in [0.15, 0.2) is 60.7 Å². The summed E-state index contributed by atoms with van der Waals surface area (Å²) in [7, 11) is 0. The summed E-state index contributed by atoms with van der Waals surface area (Å²) in [5.74, 6) is -0.866. The Morgan fingerprint density at radius 2 is 1.48 bits per heavy atom. The Kier molecular flexibility index (Phi) is 8.57. The van der Waals surface area contributed by atoms with Crippen LogP contribution < -0.4 is 0 Å². The molecule has 0 bridgehead atoms. The number of hydrogen-bond donors (Lipinski definition) is 1. The smallest absolute Gasteiger partial charge is 0.211 e. The lowest BCUT2D eigenvalue weighted by molar-refractivity contribution is -0.492. The molecule has 7 heteroatoms. The van der Waals surface area contributed by atoms with Crippen molar-refractivity contribution in [3.05, 3.63) is 81.9 Å². The summed E-state index contributed by atoms with van der Waals surface area (Å²) in [6.07, 6.45) is -1.41. The van der Waals surface area contributed by atoms with Crippen LogP contribution in [0.4, 0.5) is 0 Å². The summed E-state index contributed by atoms with van der Waals surface area (Å²) in [4.78, 5) is 22.0. The number of hydrogen-bond acceptors (Lipinski definition) is 6. The largest absolute Gasteiger partial charge is 0.396 e. The summed E-state index contributed by atoms with van der Waals surface area (Å²) in [5, 5.41) is 20.6. The van der Waals surface area contributed by atoms with E-state index in [1.54, 1.807) is 0 Å². The topological polar surface area (TPSA) is 98.9 Å². The van der Waals surface area contributed by atoms with Crippen LogP contribution in [0.2, 0.25) is 0 Å². The van der Waals surface area contributed by atoms with Crippen LogP contribution in [0, 0.1) is 16.0 Å². The molecule has 2 rings (SSSR count). The van der Waals surface area contributed by atoms with Crippen LogP contribution in [0.1, 0.15) is 11.1 Å². The molecular formula is C20H23NO6. The van der Waals surface area contributed by atoms with E-state index in [4.69, 9.17) is 9.47 Å². The first-order chi connectivity index (χ1) is 13.1.